The topological polar surface area (TPSA) is 46.3 Å². The maximum atomic E-state index is 12.7. The van der Waals surface area contributed by atoms with E-state index in [1.54, 1.807) is 24.1 Å². The molecule has 0 bridgehead atoms. The Morgan fingerprint density at radius 1 is 1.41 bits per heavy atom. The molecule has 1 rings (SSSR count). The van der Waals surface area contributed by atoms with Gasteiger partial charge in [0.2, 0.25) is 5.91 Å². The predicted molar refractivity (Wildman–Crippen MR) is 65.8 cm³/mol. The zero-order valence-electron chi connectivity index (χ0n) is 10.3. The molecule has 0 aromatic heterocycles. The van der Waals surface area contributed by atoms with Gasteiger partial charge in [-0.15, -0.1) is 0 Å². The van der Waals surface area contributed by atoms with Gasteiger partial charge in [-0.1, -0.05) is 12.1 Å². The van der Waals surface area contributed by atoms with Crippen LogP contribution >= 0.6 is 0 Å². The van der Waals surface area contributed by atoms with Crippen LogP contribution in [0, 0.1) is 5.82 Å². The standard InChI is InChI=1S/C13H19FN2O/c1-10(15)3-8-13(17)16(2)9-11-4-6-12(14)7-5-11/h4-7,10H,3,8-9,15H2,1-2H3. The summed E-state index contributed by atoms with van der Waals surface area (Å²) in [6.07, 6.45) is 1.14. The fourth-order valence-corrected chi connectivity index (χ4v) is 1.49. The Balaban J connectivity index is 2.45. The molecule has 1 amide bonds. The second-order valence-corrected chi connectivity index (χ2v) is 4.39. The molecule has 17 heavy (non-hydrogen) atoms. The number of benzene rings is 1. The molecule has 0 aliphatic carbocycles. The van der Waals surface area contributed by atoms with Crippen molar-refractivity contribution in [3.63, 3.8) is 0 Å². The van der Waals surface area contributed by atoms with Crippen LogP contribution in [0.3, 0.4) is 0 Å². The normalized spacial score (nSPS) is 12.2. The number of hydrogen-bond donors (Lipinski definition) is 1. The van der Waals surface area contributed by atoms with E-state index < -0.39 is 0 Å². The molecular weight excluding hydrogens is 219 g/mol. The Labute approximate surface area is 101 Å². The number of amides is 1. The summed E-state index contributed by atoms with van der Waals surface area (Å²) in [5.41, 5.74) is 6.52. The molecule has 2 N–H and O–H groups in total. The second-order valence-electron chi connectivity index (χ2n) is 4.39. The minimum atomic E-state index is -0.264. The monoisotopic (exact) mass is 238 g/mol. The third kappa shape index (κ3) is 4.95. The van der Waals surface area contributed by atoms with Crippen molar-refractivity contribution in [3.8, 4) is 0 Å². The van der Waals surface area contributed by atoms with Crippen LogP contribution in [0.1, 0.15) is 25.3 Å². The third-order valence-electron chi connectivity index (χ3n) is 2.57. The smallest absolute Gasteiger partial charge is 0.222 e. The van der Waals surface area contributed by atoms with Crippen molar-refractivity contribution in [2.75, 3.05) is 7.05 Å². The third-order valence-corrected chi connectivity index (χ3v) is 2.57. The Kier molecular flexibility index (Phi) is 5.10. The summed E-state index contributed by atoms with van der Waals surface area (Å²) < 4.78 is 12.7. The van der Waals surface area contributed by atoms with Gasteiger partial charge in [0, 0.05) is 26.1 Å². The lowest BCUT2D eigenvalue weighted by molar-refractivity contribution is -0.130. The van der Waals surface area contributed by atoms with Gasteiger partial charge in [0.05, 0.1) is 0 Å². The average Bonchev–Trinajstić information content (AvgIpc) is 2.28. The van der Waals surface area contributed by atoms with Gasteiger partial charge in [0.1, 0.15) is 5.82 Å². The molecule has 0 aliphatic heterocycles. The van der Waals surface area contributed by atoms with Crippen LogP contribution in [-0.4, -0.2) is 23.9 Å². The lowest BCUT2D eigenvalue weighted by Gasteiger charge is -2.17. The summed E-state index contributed by atoms with van der Waals surface area (Å²) in [6.45, 7) is 2.38. The van der Waals surface area contributed by atoms with Crippen molar-refractivity contribution < 1.29 is 9.18 Å². The Hall–Kier alpha value is -1.42. The Morgan fingerprint density at radius 3 is 2.53 bits per heavy atom. The van der Waals surface area contributed by atoms with Gasteiger partial charge in [0.15, 0.2) is 0 Å². The molecule has 0 saturated carbocycles. The number of rotatable bonds is 5. The van der Waals surface area contributed by atoms with Gasteiger partial charge in [-0.05, 0) is 31.0 Å². The maximum Gasteiger partial charge on any atom is 0.222 e. The summed E-state index contributed by atoms with van der Waals surface area (Å²) in [5, 5.41) is 0. The molecule has 1 aromatic rings. The van der Waals surface area contributed by atoms with E-state index in [2.05, 4.69) is 0 Å². The Morgan fingerprint density at radius 2 is 2.00 bits per heavy atom. The van der Waals surface area contributed by atoms with E-state index in [-0.39, 0.29) is 17.8 Å². The molecular formula is C13H19FN2O. The molecule has 4 heteroatoms. The molecule has 0 fully saturated rings. The van der Waals surface area contributed by atoms with Crippen LogP contribution in [0.5, 0.6) is 0 Å². The lowest BCUT2D eigenvalue weighted by atomic mass is 10.1. The lowest BCUT2D eigenvalue weighted by Crippen LogP contribution is -2.27. The Bertz CT molecular complexity index is 362. The molecule has 1 unspecified atom stereocenters. The number of hydrogen-bond acceptors (Lipinski definition) is 2. The fraction of sp³-hybridized carbons (Fsp3) is 0.462. The first-order chi connectivity index (χ1) is 7.99. The molecule has 0 spiro atoms. The highest BCUT2D eigenvalue weighted by atomic mass is 19.1. The highest BCUT2D eigenvalue weighted by Gasteiger charge is 2.09. The van der Waals surface area contributed by atoms with Gasteiger partial charge in [0.25, 0.3) is 0 Å². The van der Waals surface area contributed by atoms with Gasteiger partial charge < -0.3 is 10.6 Å². The number of nitrogens with zero attached hydrogens (tertiary/aromatic N) is 1. The SMILES string of the molecule is CC(N)CCC(=O)N(C)Cc1ccc(F)cc1. The van der Waals surface area contributed by atoms with Crippen molar-refractivity contribution in [2.24, 2.45) is 5.73 Å². The predicted octanol–water partition coefficient (Wildman–Crippen LogP) is 1.91. The summed E-state index contributed by atoms with van der Waals surface area (Å²) in [5.74, 6) is -0.202. The van der Waals surface area contributed by atoms with Crippen molar-refractivity contribution in [1.82, 2.24) is 4.90 Å². The number of carbonyl (C=O) groups is 1. The highest BCUT2D eigenvalue weighted by Crippen LogP contribution is 2.07. The van der Waals surface area contributed by atoms with Crippen LogP contribution in [0.2, 0.25) is 0 Å². The van der Waals surface area contributed by atoms with Crippen LogP contribution < -0.4 is 5.73 Å². The zero-order valence-corrected chi connectivity index (χ0v) is 10.3. The molecule has 0 radical (unpaired) electrons. The highest BCUT2D eigenvalue weighted by molar-refractivity contribution is 5.75. The van der Waals surface area contributed by atoms with E-state index in [1.165, 1.54) is 12.1 Å². The van der Waals surface area contributed by atoms with E-state index in [4.69, 9.17) is 5.73 Å². The minimum Gasteiger partial charge on any atom is -0.341 e. The molecule has 94 valence electrons. The molecule has 1 aromatic carbocycles. The van der Waals surface area contributed by atoms with Crippen molar-refractivity contribution in [2.45, 2.75) is 32.4 Å². The van der Waals surface area contributed by atoms with E-state index in [0.717, 1.165) is 5.56 Å². The van der Waals surface area contributed by atoms with Crippen molar-refractivity contribution in [3.05, 3.63) is 35.6 Å². The molecule has 0 aliphatic rings. The number of halogens is 1. The summed E-state index contributed by atoms with van der Waals surface area (Å²) in [4.78, 5) is 13.3. The minimum absolute atomic E-state index is 0.0400. The number of nitrogens with two attached hydrogens (primary N) is 1. The first-order valence-electron chi connectivity index (χ1n) is 5.73. The largest absolute Gasteiger partial charge is 0.341 e. The fourth-order valence-electron chi connectivity index (χ4n) is 1.49. The molecule has 1 atom stereocenters. The van der Waals surface area contributed by atoms with E-state index in [0.29, 0.717) is 19.4 Å². The average molecular weight is 238 g/mol. The second kappa shape index (κ2) is 6.35. The van der Waals surface area contributed by atoms with Crippen molar-refractivity contribution in [1.29, 1.82) is 0 Å². The van der Waals surface area contributed by atoms with E-state index in [9.17, 15) is 9.18 Å². The van der Waals surface area contributed by atoms with E-state index in [1.807, 2.05) is 6.92 Å². The van der Waals surface area contributed by atoms with Crippen LogP contribution in [0.15, 0.2) is 24.3 Å². The van der Waals surface area contributed by atoms with Crippen molar-refractivity contribution >= 4 is 5.91 Å². The van der Waals surface area contributed by atoms with Gasteiger partial charge in [-0.25, -0.2) is 4.39 Å². The summed E-state index contributed by atoms with van der Waals surface area (Å²) in [6, 6.07) is 6.21. The van der Waals surface area contributed by atoms with E-state index >= 15 is 0 Å². The van der Waals surface area contributed by atoms with Gasteiger partial charge >= 0.3 is 0 Å². The summed E-state index contributed by atoms with van der Waals surface area (Å²) in [7, 11) is 1.74. The van der Waals surface area contributed by atoms with Crippen LogP contribution in [-0.2, 0) is 11.3 Å². The molecule has 3 nitrogen and oxygen atoms in total. The zero-order chi connectivity index (χ0) is 12.8. The maximum absolute atomic E-state index is 12.7. The quantitative estimate of drug-likeness (QED) is 0.851. The number of carbonyl (C=O) groups excluding carboxylic acids is 1. The van der Waals surface area contributed by atoms with Gasteiger partial charge in [-0.2, -0.15) is 0 Å². The molecule has 0 heterocycles. The van der Waals surface area contributed by atoms with Crippen LogP contribution in [0.4, 0.5) is 4.39 Å². The van der Waals surface area contributed by atoms with Crippen LogP contribution in [0.25, 0.3) is 0 Å². The van der Waals surface area contributed by atoms with Gasteiger partial charge in [-0.3, -0.25) is 4.79 Å². The first kappa shape index (κ1) is 13.6. The summed E-state index contributed by atoms with van der Waals surface area (Å²) >= 11 is 0. The molecule has 0 saturated heterocycles. The first-order valence-corrected chi connectivity index (χ1v) is 5.73.